The predicted octanol–water partition coefficient (Wildman–Crippen LogP) is 4.50. The molecule has 0 radical (unpaired) electrons. The third kappa shape index (κ3) is 6.11. The van der Waals surface area contributed by atoms with Crippen LogP contribution >= 0.6 is 0 Å². The van der Waals surface area contributed by atoms with Crippen molar-refractivity contribution in [1.82, 2.24) is 0 Å². The van der Waals surface area contributed by atoms with E-state index in [1.54, 1.807) is 0 Å². The van der Waals surface area contributed by atoms with E-state index in [0.29, 0.717) is 6.10 Å². The molecule has 0 amide bonds. The summed E-state index contributed by atoms with van der Waals surface area (Å²) in [5, 5.41) is 0. The number of aryl methyl sites for hydroxylation is 1. The van der Waals surface area contributed by atoms with Gasteiger partial charge < -0.3 is 9.47 Å². The zero-order valence-electron chi connectivity index (χ0n) is 12.1. The van der Waals surface area contributed by atoms with Gasteiger partial charge in [-0.3, -0.25) is 0 Å². The van der Waals surface area contributed by atoms with Crippen LogP contribution < -0.4 is 4.74 Å². The lowest BCUT2D eigenvalue weighted by Gasteiger charge is -2.08. The van der Waals surface area contributed by atoms with E-state index in [1.165, 1.54) is 50.5 Å². The van der Waals surface area contributed by atoms with Crippen LogP contribution in [-0.2, 0) is 4.74 Å². The van der Waals surface area contributed by atoms with E-state index in [-0.39, 0.29) is 0 Å². The molecular weight excluding hydrogens is 236 g/mol. The van der Waals surface area contributed by atoms with Crippen LogP contribution in [0.25, 0.3) is 0 Å². The molecule has 1 aliphatic rings. The number of ether oxygens (including phenoxy) is 2. The molecule has 2 nitrogen and oxygen atoms in total. The third-order valence-corrected chi connectivity index (χ3v) is 3.67. The van der Waals surface area contributed by atoms with Gasteiger partial charge in [-0.1, -0.05) is 50.3 Å². The van der Waals surface area contributed by atoms with Crippen LogP contribution in [0.3, 0.4) is 0 Å². The van der Waals surface area contributed by atoms with E-state index in [2.05, 4.69) is 25.1 Å². The van der Waals surface area contributed by atoms with Crippen LogP contribution in [0.4, 0.5) is 0 Å². The van der Waals surface area contributed by atoms with Crippen molar-refractivity contribution in [3.8, 4) is 5.75 Å². The highest BCUT2D eigenvalue weighted by Gasteiger charge is 2.20. The van der Waals surface area contributed by atoms with Crippen molar-refractivity contribution in [2.45, 2.75) is 58.0 Å². The molecule has 1 saturated heterocycles. The van der Waals surface area contributed by atoms with Crippen molar-refractivity contribution in [2.75, 3.05) is 13.2 Å². The molecule has 1 fully saturated rings. The van der Waals surface area contributed by atoms with E-state index in [0.717, 1.165) is 19.0 Å². The smallest absolute Gasteiger partial charge is 0.122 e. The Labute approximate surface area is 117 Å². The predicted molar refractivity (Wildman–Crippen MR) is 78.7 cm³/mol. The van der Waals surface area contributed by atoms with Crippen LogP contribution in [-0.4, -0.2) is 19.3 Å². The van der Waals surface area contributed by atoms with Gasteiger partial charge in [0.1, 0.15) is 5.75 Å². The van der Waals surface area contributed by atoms with Crippen LogP contribution in [0.2, 0.25) is 0 Å². The average Bonchev–Trinajstić information content (AvgIpc) is 3.23. The molecule has 0 N–H and O–H groups in total. The van der Waals surface area contributed by atoms with Gasteiger partial charge in [0.25, 0.3) is 0 Å². The lowest BCUT2D eigenvalue weighted by Crippen LogP contribution is -1.98. The zero-order valence-corrected chi connectivity index (χ0v) is 12.1. The van der Waals surface area contributed by atoms with Crippen LogP contribution in [0.5, 0.6) is 5.75 Å². The van der Waals surface area contributed by atoms with Gasteiger partial charge >= 0.3 is 0 Å². The maximum absolute atomic E-state index is 5.79. The standard InChI is InChI=1S/C17H26O2/c1-15-10-7-8-12-17(15)18-13-9-5-3-2-4-6-11-16-14-19-16/h7-8,10,12,16H,2-6,9,11,13-14H2,1H3. The summed E-state index contributed by atoms with van der Waals surface area (Å²) in [6.45, 7) is 3.95. The van der Waals surface area contributed by atoms with Crippen molar-refractivity contribution in [1.29, 1.82) is 0 Å². The van der Waals surface area contributed by atoms with E-state index in [1.807, 2.05) is 6.07 Å². The van der Waals surface area contributed by atoms with Crippen molar-refractivity contribution in [3.05, 3.63) is 29.8 Å². The Bertz CT molecular complexity index is 358. The minimum atomic E-state index is 0.613. The minimum Gasteiger partial charge on any atom is -0.493 e. The van der Waals surface area contributed by atoms with Crippen molar-refractivity contribution >= 4 is 0 Å². The Balaban J connectivity index is 1.40. The fourth-order valence-electron chi connectivity index (χ4n) is 2.32. The van der Waals surface area contributed by atoms with E-state index < -0.39 is 0 Å². The topological polar surface area (TPSA) is 21.8 Å². The molecular formula is C17H26O2. The summed E-state index contributed by atoms with van der Waals surface area (Å²) in [5.74, 6) is 1.03. The lowest BCUT2D eigenvalue weighted by molar-refractivity contribution is 0.302. The third-order valence-electron chi connectivity index (χ3n) is 3.67. The summed E-state index contributed by atoms with van der Waals surface area (Å²) >= 11 is 0. The van der Waals surface area contributed by atoms with Crippen LogP contribution in [0, 0.1) is 6.92 Å². The lowest BCUT2D eigenvalue weighted by atomic mass is 10.1. The molecule has 106 valence electrons. The molecule has 1 aromatic rings. The normalized spacial score (nSPS) is 17.4. The molecule has 1 aliphatic heterocycles. The summed E-state index contributed by atoms with van der Waals surface area (Å²) in [6.07, 6.45) is 9.73. The molecule has 2 heteroatoms. The van der Waals surface area contributed by atoms with Gasteiger partial charge in [-0.15, -0.1) is 0 Å². The first-order valence-corrected chi connectivity index (χ1v) is 7.66. The van der Waals surface area contributed by atoms with Gasteiger partial charge in [-0.2, -0.15) is 0 Å². The Morgan fingerprint density at radius 2 is 1.74 bits per heavy atom. The number of epoxide rings is 1. The average molecular weight is 262 g/mol. The van der Waals surface area contributed by atoms with Gasteiger partial charge in [-0.05, 0) is 31.4 Å². The highest BCUT2D eigenvalue weighted by Crippen LogP contribution is 2.19. The summed E-state index contributed by atoms with van der Waals surface area (Å²) in [6, 6.07) is 8.23. The quantitative estimate of drug-likeness (QED) is 0.457. The van der Waals surface area contributed by atoms with Crippen molar-refractivity contribution in [2.24, 2.45) is 0 Å². The molecule has 1 aromatic carbocycles. The summed E-state index contributed by atoms with van der Waals surface area (Å²) < 4.78 is 11.0. The molecule has 1 unspecified atom stereocenters. The number of hydrogen-bond acceptors (Lipinski definition) is 2. The maximum atomic E-state index is 5.79. The largest absolute Gasteiger partial charge is 0.493 e. The van der Waals surface area contributed by atoms with E-state index in [4.69, 9.17) is 9.47 Å². The molecule has 0 bridgehead atoms. The minimum absolute atomic E-state index is 0.613. The first-order chi connectivity index (χ1) is 9.36. The number of unbranched alkanes of at least 4 members (excludes halogenated alkanes) is 5. The number of benzene rings is 1. The van der Waals surface area contributed by atoms with Crippen LogP contribution in [0.1, 0.15) is 50.5 Å². The first-order valence-electron chi connectivity index (χ1n) is 7.66. The van der Waals surface area contributed by atoms with E-state index >= 15 is 0 Å². The Morgan fingerprint density at radius 1 is 1.05 bits per heavy atom. The number of hydrogen-bond donors (Lipinski definition) is 0. The fourth-order valence-corrected chi connectivity index (χ4v) is 2.32. The fraction of sp³-hybridized carbons (Fsp3) is 0.647. The highest BCUT2D eigenvalue weighted by atomic mass is 16.6. The van der Waals surface area contributed by atoms with Gasteiger partial charge in [0.15, 0.2) is 0 Å². The van der Waals surface area contributed by atoms with Crippen molar-refractivity contribution in [3.63, 3.8) is 0 Å². The Morgan fingerprint density at radius 3 is 2.47 bits per heavy atom. The second-order valence-electron chi connectivity index (χ2n) is 5.48. The molecule has 19 heavy (non-hydrogen) atoms. The van der Waals surface area contributed by atoms with Crippen molar-refractivity contribution < 1.29 is 9.47 Å². The van der Waals surface area contributed by atoms with Crippen LogP contribution in [0.15, 0.2) is 24.3 Å². The second-order valence-corrected chi connectivity index (χ2v) is 5.48. The zero-order chi connectivity index (χ0) is 13.3. The second kappa shape index (κ2) is 8.21. The van der Waals surface area contributed by atoms with Gasteiger partial charge in [0.2, 0.25) is 0 Å². The monoisotopic (exact) mass is 262 g/mol. The summed E-state index contributed by atoms with van der Waals surface area (Å²) in [7, 11) is 0. The molecule has 1 atom stereocenters. The molecule has 0 aliphatic carbocycles. The first kappa shape index (κ1) is 14.4. The Hall–Kier alpha value is -1.02. The number of para-hydroxylation sites is 1. The maximum Gasteiger partial charge on any atom is 0.122 e. The summed E-state index contributed by atoms with van der Waals surface area (Å²) in [4.78, 5) is 0. The molecule has 1 heterocycles. The molecule has 0 spiro atoms. The summed E-state index contributed by atoms with van der Waals surface area (Å²) in [5.41, 5.74) is 1.23. The highest BCUT2D eigenvalue weighted by molar-refractivity contribution is 5.31. The molecule has 2 rings (SSSR count). The SMILES string of the molecule is Cc1ccccc1OCCCCCCCCC1CO1. The molecule has 0 aromatic heterocycles. The molecule has 0 saturated carbocycles. The Kier molecular flexibility index (Phi) is 6.22. The van der Waals surface area contributed by atoms with Gasteiger partial charge in [0.05, 0.1) is 19.3 Å². The van der Waals surface area contributed by atoms with Gasteiger partial charge in [0, 0.05) is 0 Å². The number of rotatable bonds is 10. The van der Waals surface area contributed by atoms with E-state index in [9.17, 15) is 0 Å². The van der Waals surface area contributed by atoms with Gasteiger partial charge in [-0.25, -0.2) is 0 Å².